The van der Waals surface area contributed by atoms with Gasteiger partial charge in [0, 0.05) is 17.3 Å². The monoisotopic (exact) mass is 341 g/mol. The lowest BCUT2D eigenvalue weighted by Crippen LogP contribution is -2.14. The smallest absolute Gasteiger partial charge is 0.322 e. The van der Waals surface area contributed by atoms with E-state index in [-0.39, 0.29) is 12.1 Å². The number of amides is 1. The SMILES string of the molecule is COc1ccc(-c2nnc(NC(=O)c3cc(C)n(C(C)C)n3)o2)cc1. The number of nitrogens with zero attached hydrogens (tertiary/aromatic N) is 4. The van der Waals surface area contributed by atoms with Crippen molar-refractivity contribution < 1.29 is 13.9 Å². The maximum atomic E-state index is 12.3. The van der Waals surface area contributed by atoms with Crippen LogP contribution in [0.5, 0.6) is 5.75 Å². The van der Waals surface area contributed by atoms with Gasteiger partial charge < -0.3 is 9.15 Å². The third-order valence-corrected chi connectivity index (χ3v) is 3.63. The van der Waals surface area contributed by atoms with Crippen LogP contribution >= 0.6 is 0 Å². The van der Waals surface area contributed by atoms with Crippen LogP contribution in [0.3, 0.4) is 0 Å². The second kappa shape index (κ2) is 6.76. The molecule has 0 aliphatic rings. The highest BCUT2D eigenvalue weighted by atomic mass is 16.5. The van der Waals surface area contributed by atoms with E-state index in [2.05, 4.69) is 20.6 Å². The van der Waals surface area contributed by atoms with Crippen molar-refractivity contribution in [3.05, 3.63) is 41.7 Å². The van der Waals surface area contributed by atoms with Crippen LogP contribution in [0.2, 0.25) is 0 Å². The highest BCUT2D eigenvalue weighted by Crippen LogP contribution is 2.22. The zero-order valence-electron chi connectivity index (χ0n) is 14.5. The minimum atomic E-state index is -0.396. The van der Waals surface area contributed by atoms with Crippen molar-refractivity contribution in [2.75, 3.05) is 12.4 Å². The molecule has 3 aromatic rings. The van der Waals surface area contributed by atoms with Crippen molar-refractivity contribution in [1.29, 1.82) is 0 Å². The van der Waals surface area contributed by atoms with E-state index in [1.807, 2.05) is 20.8 Å². The van der Waals surface area contributed by atoms with Gasteiger partial charge in [0.25, 0.3) is 5.91 Å². The summed E-state index contributed by atoms with van der Waals surface area (Å²) in [4.78, 5) is 12.3. The molecule has 1 aromatic carbocycles. The van der Waals surface area contributed by atoms with Crippen LogP contribution < -0.4 is 10.1 Å². The molecule has 1 amide bonds. The second-order valence-corrected chi connectivity index (χ2v) is 5.80. The van der Waals surface area contributed by atoms with Gasteiger partial charge in [0.05, 0.1) is 7.11 Å². The van der Waals surface area contributed by atoms with Crippen LogP contribution in [0.15, 0.2) is 34.7 Å². The van der Waals surface area contributed by atoms with E-state index in [1.165, 1.54) is 0 Å². The van der Waals surface area contributed by atoms with Gasteiger partial charge >= 0.3 is 6.01 Å². The molecule has 0 saturated carbocycles. The molecule has 0 unspecified atom stereocenters. The van der Waals surface area contributed by atoms with E-state index in [4.69, 9.17) is 9.15 Å². The number of aryl methyl sites for hydroxylation is 1. The Morgan fingerprint density at radius 2 is 1.96 bits per heavy atom. The molecule has 1 N–H and O–H groups in total. The van der Waals surface area contributed by atoms with Crippen molar-refractivity contribution in [3.8, 4) is 17.2 Å². The van der Waals surface area contributed by atoms with Gasteiger partial charge in [0.1, 0.15) is 5.75 Å². The van der Waals surface area contributed by atoms with Crippen molar-refractivity contribution >= 4 is 11.9 Å². The van der Waals surface area contributed by atoms with Crippen molar-refractivity contribution in [3.63, 3.8) is 0 Å². The topological polar surface area (TPSA) is 95.1 Å². The van der Waals surface area contributed by atoms with Gasteiger partial charge in [-0.1, -0.05) is 5.10 Å². The van der Waals surface area contributed by atoms with Gasteiger partial charge in [-0.3, -0.25) is 14.8 Å². The molecule has 8 heteroatoms. The summed E-state index contributed by atoms with van der Waals surface area (Å²) in [7, 11) is 1.59. The molecule has 0 spiro atoms. The minimum absolute atomic E-state index is 0.0209. The zero-order valence-corrected chi connectivity index (χ0v) is 14.5. The lowest BCUT2D eigenvalue weighted by molar-refractivity contribution is 0.101. The molecule has 8 nitrogen and oxygen atoms in total. The molecule has 130 valence electrons. The number of anilines is 1. The normalized spacial score (nSPS) is 10.9. The number of benzene rings is 1. The largest absolute Gasteiger partial charge is 0.497 e. The molecule has 0 aliphatic heterocycles. The summed E-state index contributed by atoms with van der Waals surface area (Å²) >= 11 is 0. The number of methoxy groups -OCH3 is 1. The number of hydrogen-bond acceptors (Lipinski definition) is 6. The summed E-state index contributed by atoms with van der Waals surface area (Å²) in [5, 5.41) is 14.7. The molecule has 0 aliphatic carbocycles. The van der Waals surface area contributed by atoms with Gasteiger partial charge in [-0.05, 0) is 51.1 Å². The van der Waals surface area contributed by atoms with E-state index in [9.17, 15) is 4.79 Å². The van der Waals surface area contributed by atoms with Crippen LogP contribution in [-0.2, 0) is 0 Å². The van der Waals surface area contributed by atoms with E-state index < -0.39 is 5.91 Å². The van der Waals surface area contributed by atoms with Crippen LogP contribution in [0.1, 0.15) is 36.1 Å². The number of aromatic nitrogens is 4. The lowest BCUT2D eigenvalue weighted by Gasteiger charge is -2.06. The van der Waals surface area contributed by atoms with Crippen LogP contribution in [0, 0.1) is 6.92 Å². The first-order chi connectivity index (χ1) is 12.0. The fraction of sp³-hybridized carbons (Fsp3) is 0.294. The Morgan fingerprint density at radius 3 is 2.56 bits per heavy atom. The first-order valence-electron chi connectivity index (χ1n) is 7.83. The molecule has 0 atom stereocenters. The Bertz CT molecular complexity index is 880. The van der Waals surface area contributed by atoms with Gasteiger partial charge in [-0.2, -0.15) is 5.10 Å². The Morgan fingerprint density at radius 1 is 1.24 bits per heavy atom. The summed E-state index contributed by atoms with van der Waals surface area (Å²) in [6, 6.07) is 9.09. The van der Waals surface area contributed by atoms with Crippen molar-refractivity contribution in [2.24, 2.45) is 0 Å². The summed E-state index contributed by atoms with van der Waals surface area (Å²) in [5.41, 5.74) is 1.94. The summed E-state index contributed by atoms with van der Waals surface area (Å²) in [5.74, 6) is 0.641. The Balaban J connectivity index is 1.74. The van der Waals surface area contributed by atoms with Gasteiger partial charge in [-0.15, -0.1) is 5.10 Å². The average Bonchev–Trinajstić information content (AvgIpc) is 3.21. The number of carbonyl (C=O) groups is 1. The van der Waals surface area contributed by atoms with Crippen LogP contribution in [0.25, 0.3) is 11.5 Å². The zero-order chi connectivity index (χ0) is 18.0. The highest BCUT2D eigenvalue weighted by molar-refractivity contribution is 6.01. The number of hydrogen-bond donors (Lipinski definition) is 1. The average molecular weight is 341 g/mol. The quantitative estimate of drug-likeness (QED) is 0.766. The van der Waals surface area contributed by atoms with E-state index in [0.29, 0.717) is 11.6 Å². The summed E-state index contributed by atoms with van der Waals surface area (Å²) in [6.45, 7) is 5.90. The molecule has 0 saturated heterocycles. The Labute approximate surface area is 144 Å². The molecule has 0 radical (unpaired) electrons. The molecule has 2 heterocycles. The molecule has 25 heavy (non-hydrogen) atoms. The molecule has 2 aromatic heterocycles. The fourth-order valence-electron chi connectivity index (χ4n) is 2.41. The van der Waals surface area contributed by atoms with E-state index in [1.54, 1.807) is 42.1 Å². The first-order valence-corrected chi connectivity index (χ1v) is 7.83. The minimum Gasteiger partial charge on any atom is -0.497 e. The molecule has 3 rings (SSSR count). The summed E-state index contributed by atoms with van der Waals surface area (Å²) in [6.07, 6.45) is 0. The highest BCUT2D eigenvalue weighted by Gasteiger charge is 2.17. The molecular formula is C17H19N5O3. The number of nitrogens with one attached hydrogen (secondary N) is 1. The van der Waals surface area contributed by atoms with E-state index >= 15 is 0 Å². The van der Waals surface area contributed by atoms with Crippen LogP contribution in [-0.4, -0.2) is 33.0 Å². The van der Waals surface area contributed by atoms with Crippen molar-refractivity contribution in [1.82, 2.24) is 20.0 Å². The van der Waals surface area contributed by atoms with Gasteiger partial charge in [0.2, 0.25) is 5.89 Å². The molecule has 0 bridgehead atoms. The standard InChI is InChI=1S/C17H19N5O3/c1-10(2)22-11(3)9-14(21-22)15(23)18-17-20-19-16(25-17)12-5-7-13(24-4)8-6-12/h5-10H,1-4H3,(H,18,20,23). The van der Waals surface area contributed by atoms with Gasteiger partial charge in [0.15, 0.2) is 5.69 Å². The Kier molecular flexibility index (Phi) is 4.51. The van der Waals surface area contributed by atoms with Gasteiger partial charge in [-0.25, -0.2) is 0 Å². The Hall–Kier alpha value is -3.16. The second-order valence-electron chi connectivity index (χ2n) is 5.80. The number of carbonyl (C=O) groups excluding carboxylic acids is 1. The number of ether oxygens (including phenoxy) is 1. The van der Waals surface area contributed by atoms with Crippen LogP contribution in [0.4, 0.5) is 6.01 Å². The first kappa shape index (κ1) is 16.7. The number of rotatable bonds is 5. The third kappa shape index (κ3) is 3.52. The third-order valence-electron chi connectivity index (χ3n) is 3.63. The van der Waals surface area contributed by atoms with E-state index in [0.717, 1.165) is 17.0 Å². The lowest BCUT2D eigenvalue weighted by atomic mass is 10.2. The maximum Gasteiger partial charge on any atom is 0.322 e. The predicted octanol–water partition coefficient (Wildman–Crippen LogP) is 3.08. The maximum absolute atomic E-state index is 12.3. The molecular weight excluding hydrogens is 322 g/mol. The fourth-order valence-corrected chi connectivity index (χ4v) is 2.41. The predicted molar refractivity (Wildman–Crippen MR) is 91.6 cm³/mol. The van der Waals surface area contributed by atoms with Crippen molar-refractivity contribution in [2.45, 2.75) is 26.8 Å². The summed E-state index contributed by atoms with van der Waals surface area (Å²) < 4.78 is 12.4. The molecule has 0 fully saturated rings.